The van der Waals surface area contributed by atoms with Crippen LogP contribution in [0.4, 0.5) is 11.5 Å². The Morgan fingerprint density at radius 3 is 2.27 bits per heavy atom. The Hall–Kier alpha value is -4.51. The highest BCUT2D eigenvalue weighted by Crippen LogP contribution is 2.27. The van der Waals surface area contributed by atoms with Gasteiger partial charge in [-0.05, 0) is 49.4 Å². The van der Waals surface area contributed by atoms with E-state index >= 15 is 0 Å². The SMILES string of the molecule is CC(=O)c1cccc(-c2ccc3c(=O)cc(Nc4ccccc4)n(-c4ccccc4)c3n2)c1. The normalized spacial score (nSPS) is 10.8. The molecule has 0 atom stereocenters. The summed E-state index contributed by atoms with van der Waals surface area (Å²) in [5, 5.41) is 3.88. The van der Waals surface area contributed by atoms with Crippen molar-refractivity contribution in [2.45, 2.75) is 6.92 Å². The van der Waals surface area contributed by atoms with Crippen molar-refractivity contribution in [1.82, 2.24) is 9.55 Å². The molecule has 0 saturated carbocycles. The molecule has 2 heterocycles. The Balaban J connectivity index is 1.77. The molecule has 5 nitrogen and oxygen atoms in total. The van der Waals surface area contributed by atoms with Gasteiger partial charge in [-0.2, -0.15) is 0 Å². The average molecular weight is 431 g/mol. The second-order valence-electron chi connectivity index (χ2n) is 7.76. The molecule has 0 saturated heterocycles. The highest BCUT2D eigenvalue weighted by atomic mass is 16.1. The number of pyridine rings is 2. The van der Waals surface area contributed by atoms with E-state index < -0.39 is 0 Å². The summed E-state index contributed by atoms with van der Waals surface area (Å²) in [5.74, 6) is 0.611. The van der Waals surface area contributed by atoms with Crippen LogP contribution in [0.2, 0.25) is 0 Å². The number of hydrogen-bond acceptors (Lipinski definition) is 4. The van der Waals surface area contributed by atoms with Crippen LogP contribution in [0.1, 0.15) is 17.3 Å². The van der Waals surface area contributed by atoms with Crippen molar-refractivity contribution in [1.29, 1.82) is 0 Å². The van der Waals surface area contributed by atoms with Gasteiger partial charge in [0.2, 0.25) is 0 Å². The molecule has 0 spiro atoms. The van der Waals surface area contributed by atoms with Crippen LogP contribution in [0.5, 0.6) is 0 Å². The summed E-state index contributed by atoms with van der Waals surface area (Å²) in [4.78, 5) is 29.8. The van der Waals surface area contributed by atoms with Gasteiger partial charge in [0.25, 0.3) is 0 Å². The van der Waals surface area contributed by atoms with E-state index in [0.29, 0.717) is 28.1 Å². The molecule has 1 N–H and O–H groups in total. The van der Waals surface area contributed by atoms with E-state index in [-0.39, 0.29) is 11.2 Å². The Kier molecular flexibility index (Phi) is 5.29. The lowest BCUT2D eigenvalue weighted by Gasteiger charge is -2.18. The fourth-order valence-electron chi connectivity index (χ4n) is 3.85. The molecular weight excluding hydrogens is 410 g/mol. The highest BCUT2D eigenvalue weighted by Gasteiger charge is 2.14. The smallest absolute Gasteiger partial charge is 0.193 e. The molecule has 5 heteroatoms. The molecule has 3 aromatic carbocycles. The average Bonchev–Trinajstić information content (AvgIpc) is 2.85. The number of aromatic nitrogens is 2. The molecule has 0 aliphatic carbocycles. The number of rotatable bonds is 5. The first-order valence-electron chi connectivity index (χ1n) is 10.7. The minimum absolute atomic E-state index is 0.00631. The quantitative estimate of drug-likeness (QED) is 0.347. The van der Waals surface area contributed by atoms with Crippen LogP contribution in [-0.2, 0) is 0 Å². The van der Waals surface area contributed by atoms with Gasteiger partial charge in [-0.3, -0.25) is 14.2 Å². The molecule has 0 unspecified atom stereocenters. The zero-order chi connectivity index (χ0) is 22.8. The largest absolute Gasteiger partial charge is 0.341 e. The van der Waals surface area contributed by atoms with E-state index in [0.717, 1.165) is 16.9 Å². The predicted molar refractivity (Wildman–Crippen MR) is 133 cm³/mol. The van der Waals surface area contributed by atoms with Gasteiger partial charge in [-0.15, -0.1) is 0 Å². The Labute approximate surface area is 191 Å². The fourth-order valence-corrected chi connectivity index (χ4v) is 3.85. The number of para-hydroxylation sites is 2. The van der Waals surface area contributed by atoms with E-state index in [1.165, 1.54) is 0 Å². The third-order valence-corrected chi connectivity index (χ3v) is 5.49. The van der Waals surface area contributed by atoms with E-state index in [1.54, 1.807) is 25.1 Å². The van der Waals surface area contributed by atoms with Crippen molar-refractivity contribution in [2.24, 2.45) is 0 Å². The van der Waals surface area contributed by atoms with Gasteiger partial charge in [0, 0.05) is 28.6 Å². The molecule has 0 amide bonds. The molecule has 0 bridgehead atoms. The van der Waals surface area contributed by atoms with Crippen LogP contribution in [-0.4, -0.2) is 15.3 Å². The van der Waals surface area contributed by atoms with Crippen LogP contribution in [0.15, 0.2) is 108 Å². The van der Waals surface area contributed by atoms with Gasteiger partial charge >= 0.3 is 0 Å². The second-order valence-corrected chi connectivity index (χ2v) is 7.76. The number of Topliss-reactive ketones (excluding diaryl/α,β-unsaturated/α-hetero) is 1. The topological polar surface area (TPSA) is 64.0 Å². The molecule has 0 radical (unpaired) electrons. The molecule has 0 fully saturated rings. The number of hydrogen-bond donors (Lipinski definition) is 1. The van der Waals surface area contributed by atoms with Crippen molar-refractivity contribution in [3.8, 4) is 16.9 Å². The van der Waals surface area contributed by atoms with Crippen LogP contribution in [0.3, 0.4) is 0 Å². The molecule has 0 aliphatic rings. The summed E-state index contributed by atoms with van der Waals surface area (Å²) in [6.07, 6.45) is 0. The maximum absolute atomic E-state index is 13.0. The van der Waals surface area contributed by atoms with E-state index in [2.05, 4.69) is 5.32 Å². The summed E-state index contributed by atoms with van der Waals surface area (Å²) in [6.45, 7) is 1.54. The molecule has 160 valence electrons. The lowest BCUT2D eigenvalue weighted by Crippen LogP contribution is -2.13. The Morgan fingerprint density at radius 2 is 1.55 bits per heavy atom. The molecular formula is C28H21N3O2. The van der Waals surface area contributed by atoms with Crippen LogP contribution < -0.4 is 10.7 Å². The van der Waals surface area contributed by atoms with Crippen molar-refractivity contribution in [3.05, 3.63) is 119 Å². The van der Waals surface area contributed by atoms with Crippen molar-refractivity contribution in [3.63, 3.8) is 0 Å². The minimum Gasteiger partial charge on any atom is -0.341 e. The zero-order valence-corrected chi connectivity index (χ0v) is 18.0. The van der Waals surface area contributed by atoms with E-state index in [1.807, 2.05) is 89.5 Å². The van der Waals surface area contributed by atoms with Crippen LogP contribution in [0.25, 0.3) is 28.0 Å². The van der Waals surface area contributed by atoms with Crippen LogP contribution in [0, 0.1) is 0 Å². The number of benzene rings is 3. The number of fused-ring (bicyclic) bond motifs is 1. The maximum Gasteiger partial charge on any atom is 0.193 e. The number of carbonyl (C=O) groups excluding carboxylic acids is 1. The number of nitrogens with zero attached hydrogens (tertiary/aromatic N) is 2. The van der Waals surface area contributed by atoms with E-state index in [4.69, 9.17) is 4.98 Å². The summed E-state index contributed by atoms with van der Waals surface area (Å²) in [5.41, 5.74) is 4.29. The van der Waals surface area contributed by atoms with Gasteiger partial charge in [0.05, 0.1) is 11.1 Å². The number of carbonyl (C=O) groups is 1. The third-order valence-electron chi connectivity index (χ3n) is 5.49. The van der Waals surface area contributed by atoms with E-state index in [9.17, 15) is 9.59 Å². The summed E-state index contributed by atoms with van der Waals surface area (Å²) in [6, 6.07) is 32.1. The maximum atomic E-state index is 13.0. The number of anilines is 2. The van der Waals surface area contributed by atoms with Gasteiger partial charge in [0.1, 0.15) is 5.82 Å². The summed E-state index contributed by atoms with van der Waals surface area (Å²) >= 11 is 0. The molecule has 5 aromatic rings. The van der Waals surface area contributed by atoms with Crippen LogP contribution >= 0.6 is 0 Å². The van der Waals surface area contributed by atoms with Gasteiger partial charge in [-0.25, -0.2) is 4.98 Å². The summed E-state index contributed by atoms with van der Waals surface area (Å²) < 4.78 is 1.95. The standard InChI is InChI=1S/C28H21N3O2/c1-19(32)20-9-8-10-21(17-20)25-16-15-24-26(33)18-27(29-22-11-4-2-5-12-22)31(28(24)30-25)23-13-6-3-7-14-23/h2-18,29H,1H3. The van der Waals surface area contributed by atoms with Crippen molar-refractivity contribution >= 4 is 28.3 Å². The number of nitrogens with one attached hydrogen (secondary N) is 1. The Bertz CT molecular complexity index is 1520. The van der Waals surface area contributed by atoms with Gasteiger partial charge < -0.3 is 5.32 Å². The van der Waals surface area contributed by atoms with Crippen molar-refractivity contribution < 1.29 is 4.79 Å². The van der Waals surface area contributed by atoms with Gasteiger partial charge in [-0.1, -0.05) is 54.6 Å². The molecule has 33 heavy (non-hydrogen) atoms. The predicted octanol–water partition coefficient (Wildman–Crippen LogP) is 6.00. The lowest BCUT2D eigenvalue weighted by atomic mass is 10.0. The monoisotopic (exact) mass is 431 g/mol. The first kappa shape index (κ1) is 20.4. The first-order valence-corrected chi connectivity index (χ1v) is 10.7. The molecule has 0 aliphatic heterocycles. The molecule has 2 aromatic heterocycles. The van der Waals surface area contributed by atoms with Crippen molar-refractivity contribution in [2.75, 3.05) is 5.32 Å². The number of ketones is 1. The zero-order valence-electron chi connectivity index (χ0n) is 18.0. The minimum atomic E-state index is -0.118. The third kappa shape index (κ3) is 4.04. The fraction of sp³-hybridized carbons (Fsp3) is 0.0357. The highest BCUT2D eigenvalue weighted by molar-refractivity contribution is 5.95. The molecule has 5 rings (SSSR count). The summed E-state index contributed by atoms with van der Waals surface area (Å²) in [7, 11) is 0. The van der Waals surface area contributed by atoms with Gasteiger partial charge in [0.15, 0.2) is 16.9 Å². The first-order chi connectivity index (χ1) is 16.1. The lowest BCUT2D eigenvalue weighted by molar-refractivity contribution is 0.101. The second kappa shape index (κ2) is 8.55. The Morgan fingerprint density at radius 1 is 0.818 bits per heavy atom.